The van der Waals surface area contributed by atoms with Gasteiger partial charge in [0.15, 0.2) is 0 Å². The molecule has 0 spiro atoms. The fourth-order valence-corrected chi connectivity index (χ4v) is 1.77. The highest BCUT2D eigenvalue weighted by Crippen LogP contribution is 2.25. The summed E-state index contributed by atoms with van der Waals surface area (Å²) in [5.74, 6) is -0.0806. The molecule has 0 aliphatic carbocycles. The van der Waals surface area contributed by atoms with Gasteiger partial charge >= 0.3 is 0 Å². The van der Waals surface area contributed by atoms with Crippen LogP contribution in [-0.2, 0) is 11.2 Å². The molecule has 1 aromatic carbocycles. The molecule has 0 aliphatic rings. The second-order valence-electron chi connectivity index (χ2n) is 3.75. The van der Waals surface area contributed by atoms with E-state index in [4.69, 9.17) is 23.2 Å². The van der Waals surface area contributed by atoms with Crippen molar-refractivity contribution < 1.29 is 4.79 Å². The monoisotopic (exact) mass is 283 g/mol. The zero-order valence-electron chi connectivity index (χ0n) is 9.41. The van der Waals surface area contributed by atoms with Gasteiger partial charge in [-0.05, 0) is 24.6 Å². The van der Waals surface area contributed by atoms with Crippen molar-refractivity contribution in [3.8, 4) is 0 Å². The number of amides is 1. The van der Waals surface area contributed by atoms with Crippen LogP contribution in [0, 0.1) is 0 Å². The zero-order valence-corrected chi connectivity index (χ0v) is 10.9. The maximum atomic E-state index is 11.7. The van der Waals surface area contributed by atoms with Gasteiger partial charge in [-0.2, -0.15) is 0 Å². The van der Waals surface area contributed by atoms with Gasteiger partial charge in [-0.25, -0.2) is 4.98 Å². The van der Waals surface area contributed by atoms with Crippen LogP contribution < -0.4 is 5.32 Å². The third-order valence-electron chi connectivity index (χ3n) is 2.38. The number of H-pyrrole nitrogens is 1. The standard InChI is InChI=1S/C12H11Cl2N3O/c13-10-3-1-8(5-11(10)14)17-12(18)4-2-9-6-15-7-16-9/h1,3,5-7H,2,4H2,(H,15,16)(H,17,18). The molecule has 0 radical (unpaired) electrons. The average molecular weight is 284 g/mol. The van der Waals surface area contributed by atoms with Crippen LogP contribution in [0.5, 0.6) is 0 Å². The lowest BCUT2D eigenvalue weighted by molar-refractivity contribution is -0.116. The molecule has 2 rings (SSSR count). The summed E-state index contributed by atoms with van der Waals surface area (Å²) in [7, 11) is 0. The average Bonchev–Trinajstić information content (AvgIpc) is 2.84. The maximum Gasteiger partial charge on any atom is 0.224 e. The third kappa shape index (κ3) is 3.48. The summed E-state index contributed by atoms with van der Waals surface area (Å²) < 4.78 is 0. The molecule has 0 saturated carbocycles. The number of hydrogen-bond donors (Lipinski definition) is 2. The summed E-state index contributed by atoms with van der Waals surface area (Å²) in [5, 5.41) is 3.64. The van der Waals surface area contributed by atoms with Crippen molar-refractivity contribution in [2.24, 2.45) is 0 Å². The molecule has 2 N–H and O–H groups in total. The van der Waals surface area contributed by atoms with Gasteiger partial charge in [-0.15, -0.1) is 0 Å². The summed E-state index contributed by atoms with van der Waals surface area (Å²) >= 11 is 11.6. The van der Waals surface area contributed by atoms with E-state index in [0.717, 1.165) is 5.69 Å². The van der Waals surface area contributed by atoms with Gasteiger partial charge in [0.1, 0.15) is 0 Å². The van der Waals surface area contributed by atoms with Crippen molar-refractivity contribution in [3.63, 3.8) is 0 Å². The minimum Gasteiger partial charge on any atom is -0.348 e. The Labute approximate surface area is 114 Å². The quantitative estimate of drug-likeness (QED) is 0.905. The van der Waals surface area contributed by atoms with Gasteiger partial charge < -0.3 is 10.3 Å². The summed E-state index contributed by atoms with van der Waals surface area (Å²) in [4.78, 5) is 18.5. The number of aromatic nitrogens is 2. The predicted octanol–water partition coefficient (Wildman–Crippen LogP) is 3.29. The first-order chi connectivity index (χ1) is 8.65. The molecule has 0 unspecified atom stereocenters. The van der Waals surface area contributed by atoms with Gasteiger partial charge in [0, 0.05) is 24.0 Å². The number of carbonyl (C=O) groups excluding carboxylic acids is 1. The Bertz CT molecular complexity index is 540. The summed E-state index contributed by atoms with van der Waals surface area (Å²) in [6.07, 6.45) is 4.29. The van der Waals surface area contributed by atoms with Crippen LogP contribution in [0.2, 0.25) is 10.0 Å². The fourth-order valence-electron chi connectivity index (χ4n) is 1.47. The number of hydrogen-bond acceptors (Lipinski definition) is 2. The molecule has 0 saturated heterocycles. The molecule has 18 heavy (non-hydrogen) atoms. The molecular weight excluding hydrogens is 273 g/mol. The second kappa shape index (κ2) is 5.89. The van der Waals surface area contributed by atoms with Crippen LogP contribution in [0.4, 0.5) is 5.69 Å². The van der Waals surface area contributed by atoms with Crippen LogP contribution in [0.25, 0.3) is 0 Å². The molecule has 1 aromatic heterocycles. The van der Waals surface area contributed by atoms with Gasteiger partial charge in [0.25, 0.3) is 0 Å². The smallest absolute Gasteiger partial charge is 0.224 e. The number of imidazole rings is 1. The molecule has 2 aromatic rings. The number of aromatic amines is 1. The molecule has 4 nitrogen and oxygen atoms in total. The predicted molar refractivity (Wildman–Crippen MR) is 72.0 cm³/mol. The minimum absolute atomic E-state index is 0.0806. The fraction of sp³-hybridized carbons (Fsp3) is 0.167. The van der Waals surface area contributed by atoms with E-state index in [2.05, 4.69) is 15.3 Å². The normalized spacial score (nSPS) is 10.3. The Morgan fingerprint density at radius 3 is 2.83 bits per heavy atom. The third-order valence-corrected chi connectivity index (χ3v) is 3.12. The van der Waals surface area contributed by atoms with Crippen LogP contribution in [0.1, 0.15) is 12.1 Å². The first kappa shape index (κ1) is 12.9. The lowest BCUT2D eigenvalue weighted by Crippen LogP contribution is -2.12. The summed E-state index contributed by atoms with van der Waals surface area (Å²) in [5.41, 5.74) is 1.57. The Morgan fingerprint density at radius 2 is 2.17 bits per heavy atom. The van der Waals surface area contributed by atoms with E-state index in [1.807, 2.05) is 0 Å². The first-order valence-corrected chi connectivity index (χ1v) is 6.13. The van der Waals surface area contributed by atoms with Crippen molar-refractivity contribution >= 4 is 34.8 Å². The Morgan fingerprint density at radius 1 is 1.33 bits per heavy atom. The van der Waals surface area contributed by atoms with Crippen molar-refractivity contribution in [2.45, 2.75) is 12.8 Å². The molecule has 6 heteroatoms. The van der Waals surface area contributed by atoms with Crippen molar-refractivity contribution in [1.82, 2.24) is 9.97 Å². The van der Waals surface area contributed by atoms with Gasteiger partial charge in [-0.3, -0.25) is 4.79 Å². The van der Waals surface area contributed by atoms with Crippen molar-refractivity contribution in [3.05, 3.63) is 46.5 Å². The second-order valence-corrected chi connectivity index (χ2v) is 4.57. The van der Waals surface area contributed by atoms with E-state index in [9.17, 15) is 4.79 Å². The number of nitrogens with zero attached hydrogens (tertiary/aromatic N) is 1. The number of nitrogens with one attached hydrogen (secondary N) is 2. The van der Waals surface area contributed by atoms with Gasteiger partial charge in [0.2, 0.25) is 5.91 Å². The highest BCUT2D eigenvalue weighted by atomic mass is 35.5. The lowest BCUT2D eigenvalue weighted by Gasteiger charge is -2.05. The maximum absolute atomic E-state index is 11.7. The number of carbonyl (C=O) groups is 1. The van der Waals surface area contributed by atoms with Gasteiger partial charge in [-0.1, -0.05) is 23.2 Å². The van der Waals surface area contributed by atoms with Crippen LogP contribution >= 0.6 is 23.2 Å². The highest BCUT2D eigenvalue weighted by molar-refractivity contribution is 6.42. The Balaban J connectivity index is 1.88. The van der Waals surface area contributed by atoms with E-state index in [1.54, 1.807) is 30.7 Å². The largest absolute Gasteiger partial charge is 0.348 e. The van der Waals surface area contributed by atoms with Crippen molar-refractivity contribution in [2.75, 3.05) is 5.32 Å². The van der Waals surface area contributed by atoms with E-state index >= 15 is 0 Å². The van der Waals surface area contributed by atoms with Crippen LogP contribution in [0.3, 0.4) is 0 Å². The number of anilines is 1. The summed E-state index contributed by atoms with van der Waals surface area (Å²) in [6.45, 7) is 0. The van der Waals surface area contributed by atoms with E-state index < -0.39 is 0 Å². The molecule has 0 atom stereocenters. The minimum atomic E-state index is -0.0806. The van der Waals surface area contributed by atoms with E-state index in [1.165, 1.54) is 0 Å². The zero-order chi connectivity index (χ0) is 13.0. The van der Waals surface area contributed by atoms with E-state index in [-0.39, 0.29) is 5.91 Å². The molecular formula is C12H11Cl2N3O. The molecule has 1 heterocycles. The Hall–Kier alpha value is -1.52. The Kier molecular flexibility index (Phi) is 4.23. The van der Waals surface area contributed by atoms with Gasteiger partial charge in [0.05, 0.1) is 16.4 Å². The topological polar surface area (TPSA) is 57.8 Å². The van der Waals surface area contributed by atoms with Crippen LogP contribution in [-0.4, -0.2) is 15.9 Å². The number of aryl methyl sites for hydroxylation is 1. The molecule has 1 amide bonds. The summed E-state index contributed by atoms with van der Waals surface area (Å²) in [6, 6.07) is 4.98. The SMILES string of the molecule is O=C(CCc1cnc[nH]1)Nc1ccc(Cl)c(Cl)c1. The molecule has 0 aliphatic heterocycles. The van der Waals surface area contributed by atoms with Crippen LogP contribution in [0.15, 0.2) is 30.7 Å². The van der Waals surface area contributed by atoms with E-state index in [0.29, 0.717) is 28.6 Å². The van der Waals surface area contributed by atoms with Crippen molar-refractivity contribution in [1.29, 1.82) is 0 Å². The molecule has 94 valence electrons. The number of halogens is 2. The first-order valence-electron chi connectivity index (χ1n) is 5.37. The molecule has 0 bridgehead atoms. The number of rotatable bonds is 4. The number of benzene rings is 1. The lowest BCUT2D eigenvalue weighted by atomic mass is 10.2. The molecule has 0 fully saturated rings. The highest BCUT2D eigenvalue weighted by Gasteiger charge is 2.05.